The fourth-order valence-electron chi connectivity index (χ4n) is 4.18. The van der Waals surface area contributed by atoms with Crippen LogP contribution in [0.5, 0.6) is 0 Å². The van der Waals surface area contributed by atoms with Gasteiger partial charge in [-0.1, -0.05) is 63.2 Å². The lowest BCUT2D eigenvalue weighted by Crippen LogP contribution is -2.40. The topological polar surface area (TPSA) is 128 Å². The summed E-state index contributed by atoms with van der Waals surface area (Å²) in [5, 5.41) is 10.6. The average Bonchev–Trinajstić information content (AvgIpc) is 3.52. The van der Waals surface area contributed by atoms with Gasteiger partial charge in [0.25, 0.3) is 11.8 Å². The number of nitrogens with one attached hydrogen (secondary N) is 2. The third-order valence-corrected chi connectivity index (χ3v) is 7.73. The summed E-state index contributed by atoms with van der Waals surface area (Å²) < 4.78 is 6.39. The molecule has 0 fully saturated rings. The number of nitrogens with zero attached hydrogens (tertiary/aromatic N) is 2. The Kier molecular flexibility index (Phi) is 8.70. The molecule has 0 radical (unpaired) electrons. The van der Waals surface area contributed by atoms with Gasteiger partial charge >= 0.3 is 6.09 Å². The molecular weight excluding hydrogens is 526 g/mol. The summed E-state index contributed by atoms with van der Waals surface area (Å²) in [6, 6.07) is 18.2. The quantitative estimate of drug-likeness (QED) is 0.228. The number of hydrogen-bond acceptors (Lipinski definition) is 7. The molecule has 0 saturated heterocycles. The van der Waals surface area contributed by atoms with Gasteiger partial charge in [0.05, 0.1) is 22.4 Å². The van der Waals surface area contributed by atoms with Crippen molar-refractivity contribution in [3.8, 4) is 0 Å². The van der Waals surface area contributed by atoms with Crippen molar-refractivity contribution in [3.05, 3.63) is 82.2 Å². The van der Waals surface area contributed by atoms with Crippen molar-refractivity contribution in [2.24, 2.45) is 11.7 Å². The molecule has 0 spiro atoms. The normalized spacial score (nSPS) is 12.4. The zero-order valence-electron chi connectivity index (χ0n) is 23.4. The first-order valence-electron chi connectivity index (χ1n) is 13.3. The van der Waals surface area contributed by atoms with E-state index in [0.29, 0.717) is 27.1 Å². The van der Waals surface area contributed by atoms with Crippen LogP contribution in [0.25, 0.3) is 10.2 Å². The van der Waals surface area contributed by atoms with E-state index in [0.717, 1.165) is 27.1 Å². The molecule has 210 valence electrons. The van der Waals surface area contributed by atoms with Gasteiger partial charge in [-0.2, -0.15) is 4.68 Å². The standard InChI is InChI=1S/C30H35N5O4S/c1-6-16-39-29(38)35-28-22(17-23(40-28)27(37)33-30(4,5)21-10-8-7-9-11-21)25(34-35)32-26(36)20-14-12-19(13-15-20)24(31)18(2)3/h7-15,17-18,24H,6,16,31H2,1-5H3,(H,33,37)(H,32,34,36). The van der Waals surface area contributed by atoms with Gasteiger partial charge in [-0.25, -0.2) is 4.79 Å². The molecule has 9 nitrogen and oxygen atoms in total. The summed E-state index contributed by atoms with van der Waals surface area (Å²) in [6.45, 7) is 10.0. The first kappa shape index (κ1) is 29.0. The molecule has 0 aliphatic carbocycles. The van der Waals surface area contributed by atoms with E-state index in [1.54, 1.807) is 18.2 Å². The number of benzene rings is 2. The number of fused-ring (bicyclic) bond motifs is 1. The Morgan fingerprint density at radius 2 is 1.73 bits per heavy atom. The maximum atomic E-state index is 13.3. The fourth-order valence-corrected chi connectivity index (χ4v) is 5.18. The van der Waals surface area contributed by atoms with Crippen molar-refractivity contribution in [3.63, 3.8) is 0 Å². The van der Waals surface area contributed by atoms with Crippen LogP contribution in [0, 0.1) is 5.92 Å². The highest BCUT2D eigenvalue weighted by Gasteiger charge is 2.27. The first-order valence-corrected chi connectivity index (χ1v) is 14.1. The molecule has 2 heterocycles. The van der Waals surface area contributed by atoms with Gasteiger partial charge in [-0.15, -0.1) is 16.4 Å². The molecular formula is C30H35N5O4S. The second-order valence-electron chi connectivity index (χ2n) is 10.5. The summed E-state index contributed by atoms with van der Waals surface area (Å²) in [4.78, 5) is 40.0. The van der Waals surface area contributed by atoms with E-state index in [-0.39, 0.29) is 30.3 Å². The van der Waals surface area contributed by atoms with Gasteiger partial charge in [-0.05, 0) is 55.5 Å². The van der Waals surface area contributed by atoms with Crippen LogP contribution < -0.4 is 16.4 Å². The SMILES string of the molecule is CCCOC(=O)n1nc(NC(=O)c2ccc(C(N)C(C)C)cc2)c2cc(C(=O)NC(C)(C)c3ccccc3)sc21. The summed E-state index contributed by atoms with van der Waals surface area (Å²) in [6.07, 6.45) is -0.0409. The average molecular weight is 562 g/mol. The maximum Gasteiger partial charge on any atom is 0.436 e. The van der Waals surface area contributed by atoms with Gasteiger partial charge in [-0.3, -0.25) is 9.59 Å². The lowest BCUT2D eigenvalue weighted by Gasteiger charge is -2.26. The molecule has 2 aromatic heterocycles. The van der Waals surface area contributed by atoms with Gasteiger partial charge in [0, 0.05) is 11.6 Å². The van der Waals surface area contributed by atoms with Gasteiger partial charge in [0.2, 0.25) is 0 Å². The number of thiophene rings is 1. The number of rotatable bonds is 9. The van der Waals surface area contributed by atoms with Gasteiger partial charge in [0.1, 0.15) is 4.83 Å². The smallest absolute Gasteiger partial charge is 0.436 e. The summed E-state index contributed by atoms with van der Waals surface area (Å²) >= 11 is 1.10. The van der Waals surface area contributed by atoms with Crippen molar-refractivity contribution in [1.29, 1.82) is 0 Å². The second-order valence-corrected chi connectivity index (χ2v) is 11.5. The van der Waals surface area contributed by atoms with Crippen molar-refractivity contribution >= 4 is 45.3 Å². The van der Waals surface area contributed by atoms with Crippen LogP contribution in [-0.4, -0.2) is 34.3 Å². The molecule has 40 heavy (non-hydrogen) atoms. The van der Waals surface area contributed by atoms with Crippen molar-refractivity contribution in [2.45, 2.75) is 52.6 Å². The highest BCUT2D eigenvalue weighted by atomic mass is 32.1. The Morgan fingerprint density at radius 1 is 1.05 bits per heavy atom. The predicted octanol–water partition coefficient (Wildman–Crippen LogP) is 6.07. The van der Waals surface area contributed by atoms with Crippen LogP contribution >= 0.6 is 11.3 Å². The molecule has 4 N–H and O–H groups in total. The van der Waals surface area contributed by atoms with E-state index in [4.69, 9.17) is 10.5 Å². The number of amides is 2. The Labute approximate surface area is 237 Å². The van der Waals surface area contributed by atoms with Crippen LogP contribution in [0.4, 0.5) is 10.6 Å². The van der Waals surface area contributed by atoms with Crippen LogP contribution in [0.15, 0.2) is 60.7 Å². The highest BCUT2D eigenvalue weighted by Crippen LogP contribution is 2.33. The Morgan fingerprint density at radius 3 is 2.35 bits per heavy atom. The number of nitrogens with two attached hydrogens (primary N) is 1. The molecule has 1 unspecified atom stereocenters. The number of carbonyl (C=O) groups is 3. The number of aromatic nitrogens is 2. The lowest BCUT2D eigenvalue weighted by atomic mass is 9.94. The molecule has 0 saturated carbocycles. The molecule has 2 aromatic carbocycles. The van der Waals surface area contributed by atoms with E-state index in [1.165, 1.54) is 0 Å². The van der Waals surface area contributed by atoms with E-state index < -0.39 is 17.5 Å². The summed E-state index contributed by atoms with van der Waals surface area (Å²) in [5.41, 5.74) is 7.88. The van der Waals surface area contributed by atoms with Crippen molar-refractivity contribution < 1.29 is 19.1 Å². The summed E-state index contributed by atoms with van der Waals surface area (Å²) in [5.74, 6) is -0.292. The Balaban J connectivity index is 1.63. The minimum Gasteiger partial charge on any atom is -0.448 e. The largest absolute Gasteiger partial charge is 0.448 e. The van der Waals surface area contributed by atoms with Crippen LogP contribution in [-0.2, 0) is 10.3 Å². The number of carbonyl (C=O) groups excluding carboxylic acids is 3. The second kappa shape index (κ2) is 12.0. The molecule has 2 amide bonds. The van der Waals surface area contributed by atoms with E-state index in [9.17, 15) is 14.4 Å². The number of ether oxygens (including phenoxy) is 1. The van der Waals surface area contributed by atoms with Crippen molar-refractivity contribution in [1.82, 2.24) is 15.1 Å². The van der Waals surface area contributed by atoms with Crippen molar-refractivity contribution in [2.75, 3.05) is 11.9 Å². The zero-order valence-corrected chi connectivity index (χ0v) is 24.2. The van der Waals surface area contributed by atoms with E-state index >= 15 is 0 Å². The van der Waals surface area contributed by atoms with Gasteiger partial charge < -0.3 is 21.1 Å². The monoisotopic (exact) mass is 561 g/mol. The number of anilines is 1. The zero-order chi connectivity index (χ0) is 29.0. The fraction of sp³-hybridized carbons (Fsp3) is 0.333. The molecule has 4 rings (SSSR count). The number of hydrogen-bond donors (Lipinski definition) is 3. The minimum atomic E-state index is -0.683. The first-order chi connectivity index (χ1) is 19.0. The maximum absolute atomic E-state index is 13.3. The minimum absolute atomic E-state index is 0.135. The van der Waals surface area contributed by atoms with E-state index in [1.807, 2.05) is 77.1 Å². The molecule has 0 bridgehead atoms. The molecule has 1 atom stereocenters. The lowest BCUT2D eigenvalue weighted by molar-refractivity contribution is 0.0915. The van der Waals surface area contributed by atoms with Crippen LogP contribution in [0.3, 0.4) is 0 Å². The third kappa shape index (κ3) is 6.24. The van der Waals surface area contributed by atoms with Gasteiger partial charge in [0.15, 0.2) is 5.82 Å². The molecule has 0 aliphatic heterocycles. The summed E-state index contributed by atoms with van der Waals surface area (Å²) in [7, 11) is 0. The molecule has 10 heteroatoms. The molecule has 4 aromatic rings. The predicted molar refractivity (Wildman–Crippen MR) is 158 cm³/mol. The Bertz CT molecular complexity index is 1510. The van der Waals surface area contributed by atoms with Crippen LogP contribution in [0.1, 0.15) is 78.2 Å². The third-order valence-electron chi connectivity index (χ3n) is 6.62. The Hall–Kier alpha value is -4.02. The highest BCUT2D eigenvalue weighted by molar-refractivity contribution is 7.20. The molecule has 0 aliphatic rings. The van der Waals surface area contributed by atoms with E-state index in [2.05, 4.69) is 15.7 Å². The van der Waals surface area contributed by atoms with Crippen LogP contribution in [0.2, 0.25) is 0 Å².